The minimum atomic E-state index is -0.825. The lowest BCUT2D eigenvalue weighted by Gasteiger charge is -2.26. The van der Waals surface area contributed by atoms with Gasteiger partial charge in [-0.15, -0.1) is 0 Å². The van der Waals surface area contributed by atoms with E-state index in [1.165, 1.54) is 13.8 Å². The van der Waals surface area contributed by atoms with E-state index in [4.69, 9.17) is 18.9 Å². The van der Waals surface area contributed by atoms with Gasteiger partial charge in [-0.05, 0) is 97.8 Å². The van der Waals surface area contributed by atoms with Crippen LogP contribution < -0.4 is 18.9 Å². The third-order valence-corrected chi connectivity index (χ3v) is 7.44. The Labute approximate surface area is 264 Å². The van der Waals surface area contributed by atoms with Crippen LogP contribution in [0.5, 0.6) is 23.0 Å². The van der Waals surface area contributed by atoms with Crippen LogP contribution in [0.2, 0.25) is 0 Å². The van der Waals surface area contributed by atoms with Gasteiger partial charge >= 0.3 is 0 Å². The quantitative estimate of drug-likeness (QED) is 0.147. The highest BCUT2D eigenvalue weighted by molar-refractivity contribution is 5.94. The zero-order chi connectivity index (χ0) is 32.4. The Morgan fingerprint density at radius 2 is 0.756 bits per heavy atom. The zero-order valence-electron chi connectivity index (χ0n) is 26.1. The molecule has 2 N–H and O–H groups in total. The normalized spacial score (nSPS) is 12.6. The van der Waals surface area contributed by atoms with E-state index in [-0.39, 0.29) is 43.4 Å². The molecule has 0 heterocycles. The molecule has 0 bridgehead atoms. The number of hydrogen-bond acceptors (Lipinski definition) is 8. The van der Waals surface area contributed by atoms with E-state index >= 15 is 0 Å². The van der Waals surface area contributed by atoms with Crippen LogP contribution in [0, 0.1) is 0 Å². The molecule has 0 aromatic heterocycles. The van der Waals surface area contributed by atoms with Gasteiger partial charge in [-0.25, -0.2) is 0 Å². The number of Topliss-reactive ketones (excluding diaryl/α,β-unsaturated/α-hetero) is 2. The lowest BCUT2D eigenvalue weighted by molar-refractivity contribution is 0.0626. The Bertz CT molecular complexity index is 1410. The maximum absolute atomic E-state index is 11.4. The molecule has 0 aliphatic rings. The third-order valence-electron chi connectivity index (χ3n) is 7.44. The molecule has 8 nitrogen and oxygen atoms in total. The Morgan fingerprint density at radius 3 is 1.00 bits per heavy atom. The van der Waals surface area contributed by atoms with Crippen molar-refractivity contribution in [3.8, 4) is 23.0 Å². The third kappa shape index (κ3) is 9.66. The van der Waals surface area contributed by atoms with Crippen LogP contribution in [-0.4, -0.2) is 60.4 Å². The average Bonchev–Trinajstić information content (AvgIpc) is 3.05. The van der Waals surface area contributed by atoms with Gasteiger partial charge in [0.2, 0.25) is 0 Å². The Balaban J connectivity index is 1.21. The molecule has 4 aromatic rings. The lowest BCUT2D eigenvalue weighted by Crippen LogP contribution is -2.25. The van der Waals surface area contributed by atoms with Crippen LogP contribution in [0.15, 0.2) is 97.1 Å². The van der Waals surface area contributed by atoms with Gasteiger partial charge in [0.15, 0.2) is 11.6 Å². The largest absolute Gasteiger partial charge is 0.491 e. The molecular weight excluding hydrogens is 572 g/mol. The summed E-state index contributed by atoms with van der Waals surface area (Å²) in [5.41, 5.74) is 3.09. The number of rotatable bonds is 16. The van der Waals surface area contributed by atoms with Crippen molar-refractivity contribution in [3.05, 3.63) is 119 Å². The molecule has 0 radical (unpaired) electrons. The summed E-state index contributed by atoms with van der Waals surface area (Å²) in [5.74, 6) is 2.39. The Hall–Kier alpha value is -4.66. The summed E-state index contributed by atoms with van der Waals surface area (Å²) in [5, 5.41) is 20.6. The van der Waals surface area contributed by atoms with Crippen molar-refractivity contribution in [3.63, 3.8) is 0 Å². The molecule has 236 valence electrons. The summed E-state index contributed by atoms with van der Waals surface area (Å²) in [6.07, 6.45) is -1.65. The van der Waals surface area contributed by atoms with E-state index in [1.54, 1.807) is 48.5 Å². The first kappa shape index (κ1) is 33.2. The van der Waals surface area contributed by atoms with Crippen LogP contribution >= 0.6 is 0 Å². The Kier molecular flexibility index (Phi) is 11.4. The van der Waals surface area contributed by atoms with Gasteiger partial charge in [-0.3, -0.25) is 9.59 Å². The maximum Gasteiger partial charge on any atom is 0.159 e. The van der Waals surface area contributed by atoms with Crippen molar-refractivity contribution in [2.45, 2.75) is 45.3 Å². The van der Waals surface area contributed by atoms with Crippen molar-refractivity contribution in [2.24, 2.45) is 0 Å². The van der Waals surface area contributed by atoms with Crippen LogP contribution in [0.4, 0.5) is 0 Å². The van der Waals surface area contributed by atoms with Gasteiger partial charge in [-0.1, -0.05) is 38.1 Å². The van der Waals surface area contributed by atoms with E-state index in [9.17, 15) is 19.8 Å². The van der Waals surface area contributed by atoms with Gasteiger partial charge in [0.25, 0.3) is 0 Å². The molecule has 45 heavy (non-hydrogen) atoms. The van der Waals surface area contributed by atoms with Crippen molar-refractivity contribution in [2.75, 3.05) is 26.4 Å². The number of aliphatic hydroxyl groups excluding tert-OH is 2. The van der Waals surface area contributed by atoms with Crippen LogP contribution in [-0.2, 0) is 5.41 Å². The highest BCUT2D eigenvalue weighted by atomic mass is 16.5. The minimum Gasteiger partial charge on any atom is -0.491 e. The standard InChI is InChI=1S/C37H40O8/c1-25(38)27-5-13-33(14-6-27)42-21-31(40)23-44-35-17-9-29(10-18-35)37(3,4)30-11-19-36(20-12-30)45-24-32(41)22-43-34-15-7-28(8-16-34)26(2)39/h5-20,31-32,40-41H,21-24H2,1-4H3. The maximum atomic E-state index is 11.4. The molecule has 0 aliphatic carbocycles. The molecule has 4 aromatic carbocycles. The highest BCUT2D eigenvalue weighted by Gasteiger charge is 2.23. The predicted octanol–water partition coefficient (Wildman–Crippen LogP) is 6.06. The smallest absolute Gasteiger partial charge is 0.159 e. The van der Waals surface area contributed by atoms with Gasteiger partial charge in [0, 0.05) is 16.5 Å². The number of ketones is 2. The summed E-state index contributed by atoms with van der Waals surface area (Å²) >= 11 is 0. The van der Waals surface area contributed by atoms with E-state index in [1.807, 2.05) is 48.5 Å². The van der Waals surface area contributed by atoms with Crippen molar-refractivity contribution in [1.82, 2.24) is 0 Å². The fourth-order valence-electron chi connectivity index (χ4n) is 4.54. The molecule has 0 saturated heterocycles. The lowest BCUT2D eigenvalue weighted by atomic mass is 9.78. The fraction of sp³-hybridized carbons (Fsp3) is 0.297. The molecule has 2 atom stereocenters. The van der Waals surface area contributed by atoms with E-state index < -0.39 is 12.2 Å². The molecule has 0 amide bonds. The second-order valence-corrected chi connectivity index (χ2v) is 11.4. The summed E-state index contributed by atoms with van der Waals surface area (Å²) in [7, 11) is 0. The first-order valence-corrected chi connectivity index (χ1v) is 14.8. The molecule has 0 fully saturated rings. The molecule has 0 saturated carbocycles. The van der Waals surface area contributed by atoms with E-state index in [0.717, 1.165) is 11.1 Å². The first-order valence-electron chi connectivity index (χ1n) is 14.8. The van der Waals surface area contributed by atoms with E-state index in [0.29, 0.717) is 34.1 Å². The molecule has 2 unspecified atom stereocenters. The number of aliphatic hydroxyl groups is 2. The van der Waals surface area contributed by atoms with Gasteiger partial charge < -0.3 is 29.2 Å². The number of carbonyl (C=O) groups excluding carboxylic acids is 2. The highest BCUT2D eigenvalue weighted by Crippen LogP contribution is 2.33. The molecule has 0 spiro atoms. The summed E-state index contributed by atoms with van der Waals surface area (Å²) in [6.45, 7) is 7.55. The average molecular weight is 613 g/mol. The zero-order valence-corrected chi connectivity index (χ0v) is 26.1. The monoisotopic (exact) mass is 612 g/mol. The summed E-state index contributed by atoms with van der Waals surface area (Å²) in [6, 6.07) is 29.1. The van der Waals surface area contributed by atoms with Crippen LogP contribution in [0.25, 0.3) is 0 Å². The Morgan fingerprint density at radius 1 is 0.511 bits per heavy atom. The number of hydrogen-bond donors (Lipinski definition) is 2. The van der Waals surface area contributed by atoms with Crippen molar-refractivity contribution < 1.29 is 38.7 Å². The minimum absolute atomic E-state index is 0.0143. The topological polar surface area (TPSA) is 112 Å². The summed E-state index contributed by atoms with van der Waals surface area (Å²) in [4.78, 5) is 22.8. The predicted molar refractivity (Wildman–Crippen MR) is 172 cm³/mol. The number of benzene rings is 4. The fourth-order valence-corrected chi connectivity index (χ4v) is 4.54. The molecule has 4 rings (SSSR count). The van der Waals surface area contributed by atoms with Crippen molar-refractivity contribution >= 4 is 11.6 Å². The number of ether oxygens (including phenoxy) is 4. The van der Waals surface area contributed by atoms with Gasteiger partial charge in [0.1, 0.15) is 61.6 Å². The van der Waals surface area contributed by atoms with Gasteiger partial charge in [0.05, 0.1) is 0 Å². The van der Waals surface area contributed by atoms with E-state index in [2.05, 4.69) is 13.8 Å². The molecular formula is C37H40O8. The summed E-state index contributed by atoms with van der Waals surface area (Å²) < 4.78 is 22.7. The van der Waals surface area contributed by atoms with Crippen LogP contribution in [0.3, 0.4) is 0 Å². The molecule has 0 aliphatic heterocycles. The second kappa shape index (κ2) is 15.4. The first-order chi connectivity index (χ1) is 21.5. The van der Waals surface area contributed by atoms with Crippen LogP contribution in [0.1, 0.15) is 59.5 Å². The molecule has 8 heteroatoms. The SMILES string of the molecule is CC(=O)c1ccc(OCC(O)COc2ccc(C(C)(C)c3ccc(OCC(O)COc4ccc(C(C)=O)cc4)cc3)cc2)cc1. The second-order valence-electron chi connectivity index (χ2n) is 11.4. The van der Waals surface area contributed by atoms with Crippen molar-refractivity contribution in [1.29, 1.82) is 0 Å². The van der Waals surface area contributed by atoms with Gasteiger partial charge in [-0.2, -0.15) is 0 Å². The number of carbonyl (C=O) groups is 2.